The van der Waals surface area contributed by atoms with Gasteiger partial charge in [0, 0.05) is 45.5 Å². The highest BCUT2D eigenvalue weighted by Gasteiger charge is 2.26. The topological polar surface area (TPSA) is 106 Å². The van der Waals surface area contributed by atoms with Crippen molar-refractivity contribution in [3.63, 3.8) is 0 Å². The van der Waals surface area contributed by atoms with Crippen molar-refractivity contribution in [2.24, 2.45) is 0 Å². The van der Waals surface area contributed by atoms with Gasteiger partial charge in [-0.3, -0.25) is 4.79 Å². The number of piperidine rings is 1. The van der Waals surface area contributed by atoms with E-state index >= 15 is 0 Å². The molecule has 2 N–H and O–H groups in total. The van der Waals surface area contributed by atoms with Crippen molar-refractivity contribution in [3.8, 4) is 5.75 Å². The summed E-state index contributed by atoms with van der Waals surface area (Å²) < 4.78 is 12.9. The van der Waals surface area contributed by atoms with Gasteiger partial charge in [0.25, 0.3) is 0 Å². The Morgan fingerprint density at radius 1 is 1.12 bits per heavy atom. The number of nitrogens with zero attached hydrogens (tertiary/aromatic N) is 5. The van der Waals surface area contributed by atoms with Crippen LogP contribution in [0.4, 0.5) is 17.5 Å². The largest absolute Gasteiger partial charge is 0.494 e. The number of ether oxygens (including phenoxy) is 2. The summed E-state index contributed by atoms with van der Waals surface area (Å²) in [4.78, 5) is 28.5. The first-order valence-electron chi connectivity index (χ1n) is 13.6. The smallest absolute Gasteiger partial charge is 0.246 e. The van der Waals surface area contributed by atoms with Crippen LogP contribution >= 0.6 is 0 Å². The molecule has 4 aromatic rings. The minimum absolute atomic E-state index is 0.0533. The van der Waals surface area contributed by atoms with Crippen molar-refractivity contribution in [2.75, 3.05) is 44.0 Å². The second-order valence-corrected chi connectivity index (χ2v) is 9.69. The molecule has 1 saturated heterocycles. The zero-order valence-electron chi connectivity index (χ0n) is 22.8. The van der Waals surface area contributed by atoms with E-state index in [9.17, 15) is 4.79 Å². The second kappa shape index (κ2) is 13.1. The zero-order valence-corrected chi connectivity index (χ0v) is 22.8. The summed E-state index contributed by atoms with van der Waals surface area (Å²) >= 11 is 0. The SMILES string of the molecule is C=CC(=O)N1CCC[C@H](n2cnc3c(NCc4ccccc4)nc(Nc4ccc(OCCCOC)cc4)nc32)C1. The predicted octanol–water partition coefficient (Wildman–Crippen LogP) is 4.95. The molecule has 3 heterocycles. The van der Waals surface area contributed by atoms with Crippen molar-refractivity contribution in [2.45, 2.75) is 31.8 Å². The molecule has 2 aromatic carbocycles. The fourth-order valence-electron chi connectivity index (χ4n) is 4.81. The molecule has 1 aliphatic heterocycles. The lowest BCUT2D eigenvalue weighted by molar-refractivity contribution is -0.127. The normalized spacial score (nSPS) is 15.1. The molecule has 0 aliphatic carbocycles. The highest BCUT2D eigenvalue weighted by Crippen LogP contribution is 2.29. The molecule has 5 rings (SSSR count). The molecular weight excluding hydrogens is 506 g/mol. The second-order valence-electron chi connectivity index (χ2n) is 9.69. The van der Waals surface area contributed by atoms with Crippen LogP contribution < -0.4 is 15.4 Å². The number of rotatable bonds is 12. The molecule has 0 saturated carbocycles. The van der Waals surface area contributed by atoms with Crippen molar-refractivity contribution in [3.05, 3.63) is 79.1 Å². The van der Waals surface area contributed by atoms with Crippen LogP contribution in [0.15, 0.2) is 73.6 Å². The number of carbonyl (C=O) groups excluding carboxylic acids is 1. The molecule has 208 valence electrons. The molecule has 0 radical (unpaired) electrons. The van der Waals surface area contributed by atoms with Crippen LogP contribution in [-0.2, 0) is 16.1 Å². The van der Waals surface area contributed by atoms with Gasteiger partial charge in [-0.05, 0) is 48.7 Å². The van der Waals surface area contributed by atoms with Gasteiger partial charge in [0.05, 0.1) is 19.0 Å². The molecule has 0 spiro atoms. The highest BCUT2D eigenvalue weighted by molar-refractivity contribution is 5.87. The number of hydrogen-bond acceptors (Lipinski definition) is 8. The number of methoxy groups -OCH3 is 1. The van der Waals surface area contributed by atoms with Gasteiger partial charge in [0.2, 0.25) is 11.9 Å². The number of anilines is 3. The Morgan fingerprint density at radius 3 is 2.73 bits per heavy atom. The highest BCUT2D eigenvalue weighted by atomic mass is 16.5. The standard InChI is InChI=1S/C30H35N7O3/c1-3-26(38)36-16-7-11-24(20-36)37-21-32-27-28(31-19-22-9-5-4-6-10-22)34-30(35-29(27)37)33-23-12-14-25(15-13-23)40-18-8-17-39-2/h3-6,9-10,12-15,21,24H,1,7-8,11,16-20H2,2H3,(H2,31,33,34,35)/t24-/m0/s1. The first kappa shape index (κ1) is 27.1. The molecule has 2 aromatic heterocycles. The Morgan fingerprint density at radius 2 is 1.95 bits per heavy atom. The number of carbonyl (C=O) groups is 1. The minimum atomic E-state index is -0.0533. The number of likely N-dealkylation sites (tertiary alicyclic amines) is 1. The molecule has 1 aliphatic rings. The monoisotopic (exact) mass is 541 g/mol. The van der Waals surface area contributed by atoms with Crippen LogP contribution in [0.3, 0.4) is 0 Å². The summed E-state index contributed by atoms with van der Waals surface area (Å²) in [5.74, 6) is 1.83. The quantitative estimate of drug-likeness (QED) is 0.192. The molecule has 40 heavy (non-hydrogen) atoms. The van der Waals surface area contributed by atoms with E-state index in [2.05, 4.69) is 33.9 Å². The zero-order chi connectivity index (χ0) is 27.7. The number of hydrogen-bond donors (Lipinski definition) is 2. The van der Waals surface area contributed by atoms with Gasteiger partial charge < -0.3 is 29.6 Å². The molecule has 0 bridgehead atoms. The fourth-order valence-corrected chi connectivity index (χ4v) is 4.81. The summed E-state index contributed by atoms with van der Waals surface area (Å²) in [5.41, 5.74) is 3.37. The van der Waals surface area contributed by atoms with E-state index in [1.54, 1.807) is 13.4 Å². The van der Waals surface area contributed by atoms with E-state index in [1.807, 2.05) is 47.4 Å². The minimum Gasteiger partial charge on any atom is -0.494 e. The number of benzene rings is 2. The van der Waals surface area contributed by atoms with Gasteiger partial charge in [-0.2, -0.15) is 9.97 Å². The van der Waals surface area contributed by atoms with Gasteiger partial charge in [-0.1, -0.05) is 36.9 Å². The van der Waals surface area contributed by atoms with Crippen LogP contribution in [-0.4, -0.2) is 63.7 Å². The van der Waals surface area contributed by atoms with Gasteiger partial charge in [0.1, 0.15) is 5.75 Å². The Labute approximate surface area is 234 Å². The van der Waals surface area contributed by atoms with Crippen molar-refractivity contribution < 1.29 is 14.3 Å². The van der Waals surface area contributed by atoms with Crippen LogP contribution in [0.25, 0.3) is 11.2 Å². The first-order chi connectivity index (χ1) is 19.6. The maximum absolute atomic E-state index is 12.3. The number of amides is 1. The van der Waals surface area contributed by atoms with Gasteiger partial charge >= 0.3 is 0 Å². The van der Waals surface area contributed by atoms with Crippen molar-refractivity contribution in [1.29, 1.82) is 0 Å². The molecule has 1 fully saturated rings. The summed E-state index contributed by atoms with van der Waals surface area (Å²) in [6.45, 7) is 6.82. The molecule has 10 heteroatoms. The lowest BCUT2D eigenvalue weighted by Crippen LogP contribution is -2.39. The van der Waals surface area contributed by atoms with Crippen LogP contribution in [0, 0.1) is 0 Å². The summed E-state index contributed by atoms with van der Waals surface area (Å²) in [6.07, 6.45) is 5.84. The number of nitrogens with one attached hydrogen (secondary N) is 2. The first-order valence-corrected chi connectivity index (χ1v) is 13.6. The van der Waals surface area contributed by atoms with E-state index < -0.39 is 0 Å². The third-order valence-electron chi connectivity index (χ3n) is 6.87. The average molecular weight is 542 g/mol. The Kier molecular flexibility index (Phi) is 8.87. The van der Waals surface area contributed by atoms with Crippen molar-refractivity contribution in [1.82, 2.24) is 24.4 Å². The number of fused-ring (bicyclic) bond motifs is 1. The summed E-state index contributed by atoms with van der Waals surface area (Å²) in [6, 6.07) is 17.9. The Balaban J connectivity index is 1.41. The number of aromatic nitrogens is 4. The van der Waals surface area contributed by atoms with Gasteiger partial charge in [-0.25, -0.2) is 4.98 Å². The molecule has 1 amide bonds. The van der Waals surface area contributed by atoms with E-state index in [-0.39, 0.29) is 11.9 Å². The average Bonchev–Trinajstić information content (AvgIpc) is 3.43. The van der Waals surface area contributed by atoms with E-state index in [0.29, 0.717) is 49.2 Å². The molecule has 0 unspecified atom stereocenters. The number of imidazole rings is 1. The molecule has 1 atom stereocenters. The maximum atomic E-state index is 12.3. The third kappa shape index (κ3) is 6.58. The Hall–Kier alpha value is -4.44. The lowest BCUT2D eigenvalue weighted by Gasteiger charge is -2.32. The van der Waals surface area contributed by atoms with Crippen molar-refractivity contribution >= 4 is 34.5 Å². The van der Waals surface area contributed by atoms with E-state index in [1.165, 1.54) is 6.08 Å². The summed E-state index contributed by atoms with van der Waals surface area (Å²) in [5, 5.41) is 6.79. The van der Waals surface area contributed by atoms with Crippen LogP contribution in [0.2, 0.25) is 0 Å². The van der Waals surface area contributed by atoms with Gasteiger partial charge in [-0.15, -0.1) is 0 Å². The van der Waals surface area contributed by atoms with E-state index in [4.69, 9.17) is 24.4 Å². The van der Waals surface area contributed by atoms with Crippen LogP contribution in [0.1, 0.15) is 30.9 Å². The molecule has 10 nitrogen and oxygen atoms in total. The maximum Gasteiger partial charge on any atom is 0.246 e. The lowest BCUT2D eigenvalue weighted by atomic mass is 10.1. The predicted molar refractivity (Wildman–Crippen MR) is 156 cm³/mol. The third-order valence-corrected chi connectivity index (χ3v) is 6.87. The Bertz CT molecular complexity index is 1420. The molecular formula is C30H35N7O3. The summed E-state index contributed by atoms with van der Waals surface area (Å²) in [7, 11) is 1.68. The van der Waals surface area contributed by atoms with Crippen LogP contribution in [0.5, 0.6) is 5.75 Å². The fraction of sp³-hybridized carbons (Fsp3) is 0.333. The van der Waals surface area contributed by atoms with Gasteiger partial charge in [0.15, 0.2) is 17.0 Å². The van der Waals surface area contributed by atoms with E-state index in [0.717, 1.165) is 42.8 Å².